The van der Waals surface area contributed by atoms with Crippen molar-refractivity contribution in [3.05, 3.63) is 29.8 Å². The summed E-state index contributed by atoms with van der Waals surface area (Å²) in [4.78, 5) is 0. The Morgan fingerprint density at radius 1 is 1.13 bits per heavy atom. The number of hydrogen-bond donors (Lipinski definition) is 1. The summed E-state index contributed by atoms with van der Waals surface area (Å²) in [6.07, 6.45) is 0.945. The minimum absolute atomic E-state index is 0.243. The number of benzene rings is 1. The summed E-state index contributed by atoms with van der Waals surface area (Å²) < 4.78 is 70.9. The van der Waals surface area contributed by atoms with E-state index in [0.29, 0.717) is 12.0 Å². The van der Waals surface area contributed by atoms with Crippen LogP contribution in [0, 0.1) is 0 Å². The Balaban J connectivity index is 2.94. The van der Waals surface area contributed by atoms with Crippen LogP contribution in [-0.4, -0.2) is 42.8 Å². The van der Waals surface area contributed by atoms with Crippen molar-refractivity contribution in [3.8, 4) is 5.75 Å². The second-order valence-corrected chi connectivity index (χ2v) is 5.49. The highest BCUT2D eigenvalue weighted by atomic mass is 19.2. The lowest BCUT2D eigenvalue weighted by Crippen LogP contribution is -2.56. The molecule has 2 atom stereocenters. The molecule has 0 heterocycles. The first-order valence-corrected chi connectivity index (χ1v) is 7.36. The maximum absolute atomic E-state index is 14.3. The van der Waals surface area contributed by atoms with Gasteiger partial charge in [-0.25, -0.2) is 17.6 Å². The Hall–Kier alpha value is -1.37. The van der Waals surface area contributed by atoms with Gasteiger partial charge in [0.25, 0.3) is 0 Å². The monoisotopic (exact) mass is 340 g/mol. The molecular formula is C16H21F5O2. The molecule has 0 aromatic heterocycles. The highest BCUT2D eigenvalue weighted by Crippen LogP contribution is 2.35. The molecule has 1 N–H and O–H groups in total. The van der Waals surface area contributed by atoms with E-state index in [1.54, 1.807) is 6.07 Å². The Labute approximate surface area is 132 Å². The third-order valence-electron chi connectivity index (χ3n) is 3.54. The summed E-state index contributed by atoms with van der Waals surface area (Å²) in [5.41, 5.74) is -3.17. The van der Waals surface area contributed by atoms with Gasteiger partial charge in [0.2, 0.25) is 5.67 Å². The zero-order valence-electron chi connectivity index (χ0n) is 12.9. The van der Waals surface area contributed by atoms with Crippen LogP contribution in [0.15, 0.2) is 24.3 Å². The SMILES string of the molecule is CCC[C@@H](O)Cc1cccc(OC(F)(CF)C(F)(CF)CF)c1. The fourth-order valence-electron chi connectivity index (χ4n) is 2.10. The first-order chi connectivity index (χ1) is 10.8. The molecule has 23 heavy (non-hydrogen) atoms. The van der Waals surface area contributed by atoms with Crippen molar-refractivity contribution in [3.63, 3.8) is 0 Å². The van der Waals surface area contributed by atoms with Gasteiger partial charge in [-0.1, -0.05) is 25.5 Å². The lowest BCUT2D eigenvalue weighted by atomic mass is 10.00. The Bertz CT molecular complexity index is 481. The number of aliphatic hydroxyl groups excluding tert-OH is 1. The van der Waals surface area contributed by atoms with Crippen LogP contribution in [-0.2, 0) is 6.42 Å². The van der Waals surface area contributed by atoms with Gasteiger partial charge in [0.1, 0.15) is 19.1 Å². The number of rotatable bonds is 10. The summed E-state index contributed by atoms with van der Waals surface area (Å²) in [6.45, 7) is -4.26. The number of alkyl halides is 5. The number of aliphatic hydroxyl groups is 1. The van der Waals surface area contributed by atoms with Crippen molar-refractivity contribution in [2.24, 2.45) is 0 Å². The van der Waals surface area contributed by atoms with E-state index in [9.17, 15) is 27.1 Å². The van der Waals surface area contributed by atoms with E-state index in [-0.39, 0.29) is 12.2 Å². The van der Waals surface area contributed by atoms with Crippen molar-refractivity contribution in [2.75, 3.05) is 20.0 Å². The van der Waals surface area contributed by atoms with Gasteiger partial charge in [0.05, 0.1) is 6.10 Å². The summed E-state index contributed by atoms with van der Waals surface area (Å²) in [5.74, 6) is -4.03. The maximum atomic E-state index is 14.3. The molecule has 7 heteroatoms. The standard InChI is InChI=1S/C16H21F5O2/c1-2-4-13(22)7-12-5-3-6-14(8-12)23-16(21,11-19)15(20,9-17)10-18/h3,5-6,8,13,22H,2,4,7,9-11H2,1H3/t13-,16?/m1/s1. The first kappa shape index (κ1) is 19.7. The van der Waals surface area contributed by atoms with E-state index in [0.717, 1.165) is 6.42 Å². The van der Waals surface area contributed by atoms with E-state index in [2.05, 4.69) is 4.74 Å². The predicted molar refractivity (Wildman–Crippen MR) is 77.3 cm³/mol. The van der Waals surface area contributed by atoms with Gasteiger partial charge in [-0.3, -0.25) is 0 Å². The molecule has 1 rings (SSSR count). The van der Waals surface area contributed by atoms with Crippen LogP contribution >= 0.6 is 0 Å². The molecule has 1 unspecified atom stereocenters. The molecule has 0 aliphatic rings. The lowest BCUT2D eigenvalue weighted by Gasteiger charge is -2.33. The van der Waals surface area contributed by atoms with Crippen LogP contribution in [0.25, 0.3) is 0 Å². The van der Waals surface area contributed by atoms with Crippen molar-refractivity contribution >= 4 is 0 Å². The summed E-state index contributed by atoms with van der Waals surface area (Å²) in [5, 5.41) is 9.74. The van der Waals surface area contributed by atoms with Gasteiger partial charge in [0, 0.05) is 0 Å². The maximum Gasteiger partial charge on any atom is 0.315 e. The van der Waals surface area contributed by atoms with Gasteiger partial charge in [0.15, 0.2) is 6.67 Å². The average Bonchev–Trinajstić information content (AvgIpc) is 2.54. The Morgan fingerprint density at radius 2 is 1.78 bits per heavy atom. The van der Waals surface area contributed by atoms with Gasteiger partial charge in [-0.15, -0.1) is 0 Å². The molecule has 132 valence electrons. The van der Waals surface area contributed by atoms with Gasteiger partial charge in [-0.05, 0) is 30.5 Å². The zero-order chi connectivity index (χ0) is 17.5. The quantitative estimate of drug-likeness (QED) is 0.651. The van der Waals surface area contributed by atoms with Crippen LogP contribution in [0.3, 0.4) is 0 Å². The highest BCUT2D eigenvalue weighted by Gasteiger charge is 2.57. The molecule has 0 aliphatic carbocycles. The fraction of sp³-hybridized carbons (Fsp3) is 0.625. The summed E-state index contributed by atoms with van der Waals surface area (Å²) >= 11 is 0. The number of hydrogen-bond acceptors (Lipinski definition) is 2. The predicted octanol–water partition coefficient (Wildman–Crippen LogP) is 4.05. The zero-order valence-corrected chi connectivity index (χ0v) is 12.9. The molecule has 0 aliphatic heterocycles. The van der Waals surface area contributed by atoms with Crippen LogP contribution in [0.5, 0.6) is 5.75 Å². The molecule has 0 saturated heterocycles. The first-order valence-electron chi connectivity index (χ1n) is 7.36. The smallest absolute Gasteiger partial charge is 0.315 e. The molecule has 1 aromatic carbocycles. The Kier molecular flexibility index (Phi) is 7.25. The van der Waals surface area contributed by atoms with Crippen LogP contribution in [0.1, 0.15) is 25.3 Å². The fourth-order valence-corrected chi connectivity index (χ4v) is 2.10. The van der Waals surface area contributed by atoms with E-state index in [4.69, 9.17) is 0 Å². The molecule has 0 fully saturated rings. The summed E-state index contributed by atoms with van der Waals surface area (Å²) in [6, 6.07) is 5.55. The molecule has 0 saturated carbocycles. The van der Waals surface area contributed by atoms with E-state index < -0.39 is 37.7 Å². The Morgan fingerprint density at radius 3 is 2.30 bits per heavy atom. The second kappa shape index (κ2) is 8.47. The highest BCUT2D eigenvalue weighted by molar-refractivity contribution is 5.30. The summed E-state index contributed by atoms with van der Waals surface area (Å²) in [7, 11) is 0. The van der Waals surface area contributed by atoms with Gasteiger partial charge in [-0.2, -0.15) is 4.39 Å². The van der Waals surface area contributed by atoms with Crippen molar-refractivity contribution in [1.29, 1.82) is 0 Å². The molecule has 0 amide bonds. The molecule has 0 bridgehead atoms. The van der Waals surface area contributed by atoms with Crippen LogP contribution in [0.2, 0.25) is 0 Å². The van der Waals surface area contributed by atoms with Crippen molar-refractivity contribution < 1.29 is 31.8 Å². The van der Waals surface area contributed by atoms with Crippen LogP contribution in [0.4, 0.5) is 22.0 Å². The minimum Gasteiger partial charge on any atom is -0.452 e. The third kappa shape index (κ3) is 4.80. The van der Waals surface area contributed by atoms with E-state index in [1.165, 1.54) is 18.2 Å². The third-order valence-corrected chi connectivity index (χ3v) is 3.54. The number of ether oxygens (including phenoxy) is 1. The molecule has 2 nitrogen and oxygen atoms in total. The second-order valence-electron chi connectivity index (χ2n) is 5.49. The molecule has 1 aromatic rings. The minimum atomic E-state index is -3.77. The normalized spacial score (nSPS) is 16.0. The van der Waals surface area contributed by atoms with Gasteiger partial charge >= 0.3 is 5.85 Å². The molecule has 0 radical (unpaired) electrons. The van der Waals surface area contributed by atoms with Crippen molar-refractivity contribution in [2.45, 2.75) is 43.8 Å². The largest absolute Gasteiger partial charge is 0.452 e. The van der Waals surface area contributed by atoms with Crippen LogP contribution < -0.4 is 4.74 Å². The molecular weight excluding hydrogens is 319 g/mol. The lowest BCUT2D eigenvalue weighted by molar-refractivity contribution is -0.197. The molecule has 0 spiro atoms. The van der Waals surface area contributed by atoms with E-state index >= 15 is 0 Å². The van der Waals surface area contributed by atoms with E-state index in [1.807, 2.05) is 6.92 Å². The average molecular weight is 340 g/mol. The van der Waals surface area contributed by atoms with Gasteiger partial charge < -0.3 is 9.84 Å². The number of halogens is 5. The topological polar surface area (TPSA) is 29.5 Å². The van der Waals surface area contributed by atoms with Crippen molar-refractivity contribution in [1.82, 2.24) is 0 Å².